The molecule has 1 fully saturated rings. The Morgan fingerprint density at radius 3 is 2.52 bits per heavy atom. The zero-order chi connectivity index (χ0) is 15.6. The van der Waals surface area contributed by atoms with Gasteiger partial charge in [-0.15, -0.1) is 0 Å². The first kappa shape index (κ1) is 15.5. The number of benzene rings is 1. The van der Waals surface area contributed by atoms with E-state index in [1.165, 1.54) is 0 Å². The van der Waals surface area contributed by atoms with Gasteiger partial charge < -0.3 is 10.4 Å². The van der Waals surface area contributed by atoms with Crippen molar-refractivity contribution < 1.29 is 14.7 Å². The zero-order valence-electron chi connectivity index (χ0n) is 12.8. The number of carboxylic acids is 1. The molecule has 0 spiro atoms. The predicted molar refractivity (Wildman–Crippen MR) is 82.4 cm³/mol. The van der Waals surface area contributed by atoms with Crippen LogP contribution in [0, 0.1) is 18.8 Å². The lowest BCUT2D eigenvalue weighted by Crippen LogP contribution is -2.30. The van der Waals surface area contributed by atoms with E-state index in [4.69, 9.17) is 0 Å². The van der Waals surface area contributed by atoms with E-state index in [1.54, 1.807) is 0 Å². The molecule has 4 heteroatoms. The van der Waals surface area contributed by atoms with Gasteiger partial charge in [0.25, 0.3) is 0 Å². The summed E-state index contributed by atoms with van der Waals surface area (Å²) in [5, 5.41) is 12.2. The Morgan fingerprint density at radius 2 is 1.90 bits per heavy atom. The Kier molecular flexibility index (Phi) is 4.66. The second-order valence-corrected chi connectivity index (χ2v) is 6.17. The van der Waals surface area contributed by atoms with Gasteiger partial charge in [0.15, 0.2) is 0 Å². The van der Waals surface area contributed by atoms with Crippen molar-refractivity contribution in [3.05, 3.63) is 29.3 Å². The van der Waals surface area contributed by atoms with Gasteiger partial charge in [0.2, 0.25) is 5.91 Å². The molecule has 0 aromatic heterocycles. The SMILES string of the molecule is Cc1cccc(C(C)C)c1NC(=O)[C@@H]1CCC[C@@H]1C(=O)O. The highest BCUT2D eigenvalue weighted by Crippen LogP contribution is 2.34. The molecule has 114 valence electrons. The number of carbonyl (C=O) groups is 2. The molecule has 2 rings (SSSR count). The van der Waals surface area contributed by atoms with Gasteiger partial charge in [-0.3, -0.25) is 9.59 Å². The molecule has 1 aromatic rings. The normalized spacial score (nSPS) is 21.5. The zero-order valence-corrected chi connectivity index (χ0v) is 12.8. The summed E-state index contributed by atoms with van der Waals surface area (Å²) in [4.78, 5) is 23.7. The van der Waals surface area contributed by atoms with E-state index in [-0.39, 0.29) is 5.91 Å². The molecular formula is C17H23NO3. The minimum Gasteiger partial charge on any atom is -0.481 e. The lowest BCUT2D eigenvalue weighted by molar-refractivity contribution is -0.145. The number of para-hydroxylation sites is 1. The van der Waals surface area contributed by atoms with Crippen molar-refractivity contribution in [1.29, 1.82) is 0 Å². The summed E-state index contributed by atoms with van der Waals surface area (Å²) in [6.45, 7) is 6.13. The van der Waals surface area contributed by atoms with Gasteiger partial charge in [-0.05, 0) is 36.8 Å². The average molecular weight is 289 g/mol. The van der Waals surface area contributed by atoms with Crippen LogP contribution in [0.4, 0.5) is 5.69 Å². The molecule has 0 unspecified atom stereocenters. The standard InChI is InChI=1S/C17H23NO3/c1-10(2)12-7-4-6-11(3)15(12)18-16(19)13-8-5-9-14(13)17(20)21/h4,6-7,10,13-14H,5,8-9H2,1-3H3,(H,18,19)(H,20,21)/t13-,14+/m1/s1. The van der Waals surface area contributed by atoms with Crippen molar-refractivity contribution in [3.63, 3.8) is 0 Å². The van der Waals surface area contributed by atoms with Crippen molar-refractivity contribution in [2.75, 3.05) is 5.32 Å². The summed E-state index contributed by atoms with van der Waals surface area (Å²) in [5.41, 5.74) is 2.95. The molecule has 1 aliphatic rings. The van der Waals surface area contributed by atoms with E-state index >= 15 is 0 Å². The third-order valence-corrected chi connectivity index (χ3v) is 4.35. The Morgan fingerprint density at radius 1 is 1.24 bits per heavy atom. The van der Waals surface area contributed by atoms with Crippen LogP contribution < -0.4 is 5.32 Å². The maximum Gasteiger partial charge on any atom is 0.307 e. The van der Waals surface area contributed by atoms with Crippen LogP contribution in [0.5, 0.6) is 0 Å². The topological polar surface area (TPSA) is 66.4 Å². The van der Waals surface area contributed by atoms with E-state index in [0.717, 1.165) is 23.2 Å². The largest absolute Gasteiger partial charge is 0.481 e. The highest BCUT2D eigenvalue weighted by Gasteiger charge is 2.38. The van der Waals surface area contributed by atoms with Crippen LogP contribution in [-0.4, -0.2) is 17.0 Å². The summed E-state index contributed by atoms with van der Waals surface area (Å²) in [7, 11) is 0. The molecule has 2 N–H and O–H groups in total. The number of rotatable bonds is 4. The van der Waals surface area contributed by atoms with E-state index in [2.05, 4.69) is 19.2 Å². The number of carbonyl (C=O) groups excluding carboxylic acids is 1. The van der Waals surface area contributed by atoms with Crippen LogP contribution in [0.3, 0.4) is 0 Å². The first-order valence-corrected chi connectivity index (χ1v) is 7.55. The molecule has 0 aliphatic heterocycles. The molecule has 0 bridgehead atoms. The van der Waals surface area contributed by atoms with Crippen molar-refractivity contribution in [3.8, 4) is 0 Å². The van der Waals surface area contributed by atoms with Gasteiger partial charge in [-0.25, -0.2) is 0 Å². The molecule has 21 heavy (non-hydrogen) atoms. The third kappa shape index (κ3) is 3.26. The van der Waals surface area contributed by atoms with Gasteiger partial charge in [0.05, 0.1) is 11.8 Å². The fourth-order valence-corrected chi connectivity index (χ4v) is 3.13. The highest BCUT2D eigenvalue weighted by molar-refractivity contribution is 5.96. The second-order valence-electron chi connectivity index (χ2n) is 6.17. The van der Waals surface area contributed by atoms with Crippen LogP contribution in [0.2, 0.25) is 0 Å². The first-order valence-electron chi connectivity index (χ1n) is 7.55. The van der Waals surface area contributed by atoms with Crippen LogP contribution in [0.1, 0.15) is 50.2 Å². The molecule has 0 saturated heterocycles. The van der Waals surface area contributed by atoms with Crippen molar-refractivity contribution in [1.82, 2.24) is 0 Å². The number of hydrogen-bond donors (Lipinski definition) is 2. The summed E-state index contributed by atoms with van der Waals surface area (Å²) in [6, 6.07) is 5.96. The van der Waals surface area contributed by atoms with Crippen molar-refractivity contribution in [2.45, 2.75) is 46.0 Å². The van der Waals surface area contributed by atoms with Crippen LogP contribution in [0.15, 0.2) is 18.2 Å². The number of amides is 1. The fraction of sp³-hybridized carbons (Fsp3) is 0.529. The molecule has 4 nitrogen and oxygen atoms in total. The number of aryl methyl sites for hydroxylation is 1. The lowest BCUT2D eigenvalue weighted by Gasteiger charge is -2.20. The monoisotopic (exact) mass is 289 g/mol. The third-order valence-electron chi connectivity index (χ3n) is 4.35. The Bertz CT molecular complexity index is 551. The van der Waals surface area contributed by atoms with Crippen LogP contribution in [0.25, 0.3) is 0 Å². The number of aliphatic carboxylic acids is 1. The van der Waals surface area contributed by atoms with E-state index < -0.39 is 17.8 Å². The quantitative estimate of drug-likeness (QED) is 0.890. The molecule has 2 atom stereocenters. The number of nitrogens with one attached hydrogen (secondary N) is 1. The maximum atomic E-state index is 12.5. The Labute approximate surface area is 125 Å². The van der Waals surface area contributed by atoms with Gasteiger partial charge in [0.1, 0.15) is 0 Å². The molecule has 1 saturated carbocycles. The molecular weight excluding hydrogens is 266 g/mol. The highest BCUT2D eigenvalue weighted by atomic mass is 16.4. The number of anilines is 1. The number of hydrogen-bond acceptors (Lipinski definition) is 2. The van der Waals surface area contributed by atoms with Crippen molar-refractivity contribution in [2.24, 2.45) is 11.8 Å². The number of carboxylic acid groups (broad SMARTS) is 1. The molecule has 0 heterocycles. The maximum absolute atomic E-state index is 12.5. The van der Waals surface area contributed by atoms with Gasteiger partial charge in [-0.2, -0.15) is 0 Å². The molecule has 0 radical (unpaired) electrons. The van der Waals surface area contributed by atoms with E-state index in [1.807, 2.05) is 25.1 Å². The van der Waals surface area contributed by atoms with E-state index in [9.17, 15) is 14.7 Å². The fourth-order valence-electron chi connectivity index (χ4n) is 3.13. The molecule has 1 amide bonds. The smallest absolute Gasteiger partial charge is 0.307 e. The molecule has 1 aliphatic carbocycles. The summed E-state index contributed by atoms with van der Waals surface area (Å²) in [6.07, 6.45) is 2.06. The van der Waals surface area contributed by atoms with Crippen LogP contribution in [-0.2, 0) is 9.59 Å². The van der Waals surface area contributed by atoms with Gasteiger partial charge in [-0.1, -0.05) is 38.5 Å². The summed E-state index contributed by atoms with van der Waals surface area (Å²) >= 11 is 0. The first-order chi connectivity index (χ1) is 9.91. The van der Waals surface area contributed by atoms with Gasteiger partial charge in [0, 0.05) is 5.69 Å². The van der Waals surface area contributed by atoms with Gasteiger partial charge >= 0.3 is 5.97 Å². The summed E-state index contributed by atoms with van der Waals surface area (Å²) < 4.78 is 0. The second kappa shape index (κ2) is 6.29. The Hall–Kier alpha value is -1.84. The Balaban J connectivity index is 2.22. The average Bonchev–Trinajstić information content (AvgIpc) is 2.90. The lowest BCUT2D eigenvalue weighted by atomic mass is 9.94. The predicted octanol–water partition coefficient (Wildman–Crippen LogP) is 3.56. The van der Waals surface area contributed by atoms with Crippen LogP contribution >= 0.6 is 0 Å². The minimum absolute atomic E-state index is 0.156. The minimum atomic E-state index is -0.860. The summed E-state index contributed by atoms with van der Waals surface area (Å²) in [5.74, 6) is -1.67. The van der Waals surface area contributed by atoms with E-state index in [0.29, 0.717) is 18.8 Å². The van der Waals surface area contributed by atoms with Crippen molar-refractivity contribution >= 4 is 17.6 Å². The molecule has 1 aromatic carbocycles.